The van der Waals surface area contributed by atoms with Gasteiger partial charge in [0.25, 0.3) is 0 Å². The monoisotopic (exact) mass is 372 g/mol. The quantitative estimate of drug-likeness (QED) is 0.792. The second-order valence-corrected chi connectivity index (χ2v) is 7.04. The average molecular weight is 373 g/mol. The van der Waals surface area contributed by atoms with Gasteiger partial charge in [0.1, 0.15) is 4.90 Å². The Bertz CT molecular complexity index is 736. The van der Waals surface area contributed by atoms with Crippen molar-refractivity contribution < 1.29 is 12.8 Å². The number of rotatable bonds is 5. The van der Waals surface area contributed by atoms with Gasteiger partial charge in [-0.25, -0.2) is 17.5 Å². The van der Waals surface area contributed by atoms with E-state index in [9.17, 15) is 12.8 Å². The van der Waals surface area contributed by atoms with E-state index in [2.05, 4.69) is 20.7 Å². The van der Waals surface area contributed by atoms with E-state index in [0.717, 1.165) is 11.6 Å². The van der Waals surface area contributed by atoms with Gasteiger partial charge in [-0.15, -0.1) is 0 Å². The maximum absolute atomic E-state index is 13.9. The first kappa shape index (κ1) is 15.9. The van der Waals surface area contributed by atoms with Gasteiger partial charge in [0.2, 0.25) is 10.0 Å². The third-order valence-electron chi connectivity index (χ3n) is 2.86. The lowest BCUT2D eigenvalue weighted by molar-refractivity contribution is 0.554. The number of sulfonamides is 1. The number of hydrogen-bond donors (Lipinski definition) is 2. The summed E-state index contributed by atoms with van der Waals surface area (Å²) in [5.74, 6) is -0.851. The van der Waals surface area contributed by atoms with Crippen molar-refractivity contribution in [3.05, 3.63) is 58.3 Å². The van der Waals surface area contributed by atoms with Crippen molar-refractivity contribution in [2.45, 2.75) is 11.3 Å². The fourth-order valence-corrected chi connectivity index (χ4v) is 3.60. The maximum Gasteiger partial charge on any atom is 0.243 e. The van der Waals surface area contributed by atoms with Gasteiger partial charge in [-0.05, 0) is 40.0 Å². The highest BCUT2D eigenvalue weighted by molar-refractivity contribution is 9.10. The summed E-state index contributed by atoms with van der Waals surface area (Å²) in [5, 5.41) is 0. The van der Waals surface area contributed by atoms with Gasteiger partial charge in [-0.2, -0.15) is 0 Å². The highest BCUT2D eigenvalue weighted by Gasteiger charge is 2.21. The van der Waals surface area contributed by atoms with E-state index in [1.807, 2.05) is 30.3 Å². The Morgan fingerprint density at radius 1 is 1.19 bits per heavy atom. The largest absolute Gasteiger partial charge is 0.399 e. The molecule has 0 aliphatic carbocycles. The van der Waals surface area contributed by atoms with Crippen LogP contribution in [0.4, 0.5) is 10.1 Å². The first-order valence-corrected chi connectivity index (χ1v) is 8.46. The zero-order valence-corrected chi connectivity index (χ0v) is 13.4. The van der Waals surface area contributed by atoms with Crippen molar-refractivity contribution in [1.29, 1.82) is 0 Å². The van der Waals surface area contributed by atoms with Crippen LogP contribution < -0.4 is 10.5 Å². The molecule has 21 heavy (non-hydrogen) atoms. The van der Waals surface area contributed by atoms with Crippen molar-refractivity contribution in [3.8, 4) is 0 Å². The van der Waals surface area contributed by atoms with Crippen molar-refractivity contribution in [1.82, 2.24) is 4.72 Å². The summed E-state index contributed by atoms with van der Waals surface area (Å²) in [6, 6.07) is 11.8. The Labute approximate surface area is 131 Å². The zero-order valence-electron chi connectivity index (χ0n) is 11.0. The molecule has 3 N–H and O–H groups in total. The summed E-state index contributed by atoms with van der Waals surface area (Å²) in [6.45, 7) is 0.179. The molecule has 7 heteroatoms. The van der Waals surface area contributed by atoms with E-state index >= 15 is 0 Å². The van der Waals surface area contributed by atoms with E-state index in [4.69, 9.17) is 5.73 Å². The summed E-state index contributed by atoms with van der Waals surface area (Å²) >= 11 is 2.95. The van der Waals surface area contributed by atoms with E-state index in [1.165, 1.54) is 6.07 Å². The molecular weight excluding hydrogens is 359 g/mol. The second-order valence-electron chi connectivity index (χ2n) is 4.45. The Kier molecular flexibility index (Phi) is 4.97. The van der Waals surface area contributed by atoms with E-state index in [-0.39, 0.29) is 16.7 Å². The number of halogens is 2. The molecule has 0 aliphatic heterocycles. The number of hydrogen-bond acceptors (Lipinski definition) is 3. The number of nitrogens with one attached hydrogen (secondary N) is 1. The van der Waals surface area contributed by atoms with Crippen LogP contribution in [-0.4, -0.2) is 15.0 Å². The molecule has 0 atom stereocenters. The summed E-state index contributed by atoms with van der Waals surface area (Å²) in [6.07, 6.45) is 0.519. The highest BCUT2D eigenvalue weighted by atomic mass is 79.9. The third-order valence-corrected chi connectivity index (χ3v) is 4.89. The molecule has 0 saturated carbocycles. The van der Waals surface area contributed by atoms with Crippen molar-refractivity contribution in [2.75, 3.05) is 12.3 Å². The lowest BCUT2D eigenvalue weighted by Crippen LogP contribution is -2.27. The van der Waals surface area contributed by atoms with Crippen LogP contribution in [0.5, 0.6) is 0 Å². The Hall–Kier alpha value is -1.44. The zero-order chi connectivity index (χ0) is 15.5. The SMILES string of the molecule is Nc1cc(Br)c(F)c(S(=O)(=O)NCCc2ccccc2)c1. The van der Waals surface area contributed by atoms with Crippen molar-refractivity contribution >= 4 is 31.6 Å². The lowest BCUT2D eigenvalue weighted by Gasteiger charge is -2.09. The molecule has 0 fully saturated rings. The molecule has 2 rings (SSSR count). The Morgan fingerprint density at radius 3 is 2.52 bits per heavy atom. The molecule has 0 aromatic heterocycles. The maximum atomic E-state index is 13.9. The van der Waals surface area contributed by atoms with Gasteiger partial charge < -0.3 is 5.73 Å². The number of nitrogens with two attached hydrogens (primary N) is 1. The topological polar surface area (TPSA) is 72.2 Å². The highest BCUT2D eigenvalue weighted by Crippen LogP contribution is 2.25. The molecule has 0 saturated heterocycles. The minimum Gasteiger partial charge on any atom is -0.399 e. The van der Waals surface area contributed by atoms with Crippen molar-refractivity contribution in [2.24, 2.45) is 0 Å². The van der Waals surface area contributed by atoms with Crippen molar-refractivity contribution in [3.63, 3.8) is 0 Å². The minimum atomic E-state index is -3.94. The molecule has 0 amide bonds. The average Bonchev–Trinajstić information content (AvgIpc) is 2.43. The number of nitrogen functional groups attached to an aromatic ring is 1. The molecule has 2 aromatic rings. The Morgan fingerprint density at radius 2 is 1.86 bits per heavy atom. The smallest absolute Gasteiger partial charge is 0.243 e. The Balaban J connectivity index is 2.12. The van der Waals surface area contributed by atoms with E-state index in [0.29, 0.717) is 6.42 Å². The van der Waals surface area contributed by atoms with Crippen LogP contribution in [0.15, 0.2) is 51.8 Å². The molecule has 0 spiro atoms. The van der Waals surface area contributed by atoms with Gasteiger partial charge in [0.15, 0.2) is 5.82 Å². The number of anilines is 1. The first-order valence-electron chi connectivity index (χ1n) is 6.18. The van der Waals surface area contributed by atoms with Crippen LogP contribution in [-0.2, 0) is 16.4 Å². The van der Waals surface area contributed by atoms with Crippen LogP contribution in [0.25, 0.3) is 0 Å². The summed E-state index contributed by atoms with van der Waals surface area (Å²) in [7, 11) is -3.94. The molecule has 4 nitrogen and oxygen atoms in total. The fraction of sp³-hybridized carbons (Fsp3) is 0.143. The molecule has 0 radical (unpaired) electrons. The molecule has 0 bridgehead atoms. The van der Waals surface area contributed by atoms with E-state index in [1.54, 1.807) is 0 Å². The summed E-state index contributed by atoms with van der Waals surface area (Å²) in [5.41, 5.74) is 6.72. The molecule has 2 aromatic carbocycles. The van der Waals surface area contributed by atoms with Crippen LogP contribution in [0.2, 0.25) is 0 Å². The van der Waals surface area contributed by atoms with Gasteiger partial charge in [0, 0.05) is 12.2 Å². The molecular formula is C14H14BrFN2O2S. The van der Waals surface area contributed by atoms with Crippen LogP contribution in [0, 0.1) is 5.82 Å². The summed E-state index contributed by atoms with van der Waals surface area (Å²) in [4.78, 5) is -0.456. The predicted molar refractivity (Wildman–Crippen MR) is 83.8 cm³/mol. The van der Waals surface area contributed by atoms with Crippen LogP contribution in [0.3, 0.4) is 0 Å². The fourth-order valence-electron chi connectivity index (χ4n) is 1.83. The first-order chi connectivity index (χ1) is 9.90. The van der Waals surface area contributed by atoms with Gasteiger partial charge >= 0.3 is 0 Å². The standard InChI is InChI=1S/C14H14BrFN2O2S/c15-12-8-11(17)9-13(14(12)16)21(19,20)18-7-6-10-4-2-1-3-5-10/h1-5,8-9,18H,6-7,17H2. The summed E-state index contributed by atoms with van der Waals surface area (Å²) < 4.78 is 40.5. The lowest BCUT2D eigenvalue weighted by atomic mass is 10.2. The molecule has 0 aliphatic rings. The van der Waals surface area contributed by atoms with Gasteiger partial charge in [0.05, 0.1) is 4.47 Å². The second kappa shape index (κ2) is 6.55. The normalized spacial score (nSPS) is 11.5. The predicted octanol–water partition coefficient (Wildman–Crippen LogP) is 2.69. The van der Waals surface area contributed by atoms with Crippen LogP contribution >= 0.6 is 15.9 Å². The molecule has 112 valence electrons. The van der Waals surface area contributed by atoms with Gasteiger partial charge in [-0.3, -0.25) is 0 Å². The van der Waals surface area contributed by atoms with E-state index < -0.39 is 20.7 Å². The third kappa shape index (κ3) is 4.03. The molecule has 0 heterocycles. The van der Waals surface area contributed by atoms with Crippen LogP contribution in [0.1, 0.15) is 5.56 Å². The molecule has 0 unspecified atom stereocenters. The minimum absolute atomic E-state index is 0.0194. The van der Waals surface area contributed by atoms with Gasteiger partial charge in [-0.1, -0.05) is 30.3 Å². The number of benzene rings is 2.